The van der Waals surface area contributed by atoms with E-state index in [9.17, 15) is 9.59 Å². The van der Waals surface area contributed by atoms with Crippen molar-refractivity contribution in [3.63, 3.8) is 0 Å². The van der Waals surface area contributed by atoms with Gasteiger partial charge >= 0.3 is 0 Å². The van der Waals surface area contributed by atoms with Gasteiger partial charge in [0.05, 0.1) is 31.9 Å². The largest absolute Gasteiger partial charge is 0.495 e. The second-order valence-electron chi connectivity index (χ2n) is 6.88. The van der Waals surface area contributed by atoms with Crippen LogP contribution in [-0.2, 0) is 9.59 Å². The van der Waals surface area contributed by atoms with E-state index in [1.807, 2.05) is 30.3 Å². The molecule has 1 atom stereocenters. The molecular formula is C22H28ClN3O3. The Balaban J connectivity index is 1.89. The summed E-state index contributed by atoms with van der Waals surface area (Å²) in [5.41, 5.74) is 1.58. The molecule has 2 aromatic rings. The highest BCUT2D eigenvalue weighted by Gasteiger charge is 2.17. The fourth-order valence-corrected chi connectivity index (χ4v) is 3.22. The van der Waals surface area contributed by atoms with Crippen molar-refractivity contribution in [3.05, 3.63) is 59.1 Å². The molecule has 7 heteroatoms. The molecule has 0 unspecified atom stereocenters. The number of hydrogen-bond donors (Lipinski definition) is 2. The third-order valence-electron chi connectivity index (χ3n) is 4.38. The molecule has 2 N–H and O–H groups in total. The lowest BCUT2D eigenvalue weighted by molar-refractivity contribution is -0.123. The van der Waals surface area contributed by atoms with Crippen molar-refractivity contribution in [2.75, 3.05) is 32.6 Å². The summed E-state index contributed by atoms with van der Waals surface area (Å²) in [4.78, 5) is 26.5. The maximum atomic E-state index is 12.5. The van der Waals surface area contributed by atoms with Gasteiger partial charge in [-0.1, -0.05) is 55.3 Å². The summed E-state index contributed by atoms with van der Waals surface area (Å²) in [7, 11) is 3.25. The first-order chi connectivity index (χ1) is 13.9. The number of halogens is 1. The first kappa shape index (κ1) is 22.7. The summed E-state index contributed by atoms with van der Waals surface area (Å²) in [5.74, 6) is 0.144. The van der Waals surface area contributed by atoms with E-state index in [0.717, 1.165) is 18.4 Å². The fourth-order valence-electron chi connectivity index (χ4n) is 3.05. The SMILES string of the molecule is CCC[C@@H](NC(=O)CN(C)CC(=O)Nc1cc(Cl)ccc1OC)c1ccccc1. The molecule has 0 aromatic heterocycles. The van der Waals surface area contributed by atoms with Gasteiger partial charge in [0.2, 0.25) is 11.8 Å². The van der Waals surface area contributed by atoms with Gasteiger partial charge in [-0.05, 0) is 37.2 Å². The normalized spacial score (nSPS) is 11.8. The zero-order valence-corrected chi connectivity index (χ0v) is 17.8. The predicted molar refractivity (Wildman–Crippen MR) is 116 cm³/mol. The number of likely N-dealkylation sites (N-methyl/N-ethyl adjacent to an activating group) is 1. The molecule has 0 heterocycles. The molecule has 0 saturated carbocycles. The van der Waals surface area contributed by atoms with Gasteiger partial charge in [0.25, 0.3) is 0 Å². The standard InChI is InChI=1S/C22H28ClN3O3/c1-4-8-18(16-9-6-5-7-10-16)24-21(27)14-26(2)15-22(28)25-19-13-17(23)11-12-20(19)29-3/h5-7,9-13,18H,4,8,14-15H2,1-3H3,(H,24,27)(H,25,28)/t18-/m1/s1. The number of rotatable bonds is 10. The topological polar surface area (TPSA) is 70.7 Å². The van der Waals surface area contributed by atoms with Crippen molar-refractivity contribution in [2.24, 2.45) is 0 Å². The number of methoxy groups -OCH3 is 1. The van der Waals surface area contributed by atoms with Crippen molar-refractivity contribution in [1.29, 1.82) is 0 Å². The Hall–Kier alpha value is -2.57. The minimum Gasteiger partial charge on any atom is -0.495 e. The molecule has 29 heavy (non-hydrogen) atoms. The third-order valence-corrected chi connectivity index (χ3v) is 4.61. The highest BCUT2D eigenvalue weighted by molar-refractivity contribution is 6.31. The molecule has 0 aliphatic rings. The van der Waals surface area contributed by atoms with Gasteiger partial charge in [0.15, 0.2) is 0 Å². The van der Waals surface area contributed by atoms with Crippen LogP contribution in [-0.4, -0.2) is 44.0 Å². The Kier molecular flexibility index (Phi) is 8.96. The van der Waals surface area contributed by atoms with Crippen LogP contribution in [0.25, 0.3) is 0 Å². The van der Waals surface area contributed by atoms with Gasteiger partial charge in [-0.2, -0.15) is 0 Å². The van der Waals surface area contributed by atoms with Crippen molar-refractivity contribution >= 4 is 29.1 Å². The Morgan fingerprint density at radius 1 is 1.10 bits per heavy atom. The van der Waals surface area contributed by atoms with E-state index in [-0.39, 0.29) is 30.9 Å². The number of amides is 2. The average Bonchev–Trinajstić information content (AvgIpc) is 2.68. The maximum Gasteiger partial charge on any atom is 0.238 e. The molecule has 2 rings (SSSR count). The Bertz CT molecular complexity index is 814. The fraction of sp³-hybridized carbons (Fsp3) is 0.364. The summed E-state index contributed by atoms with van der Waals surface area (Å²) in [6.07, 6.45) is 1.81. The van der Waals surface area contributed by atoms with Gasteiger partial charge in [0, 0.05) is 5.02 Å². The lowest BCUT2D eigenvalue weighted by atomic mass is 10.0. The number of carbonyl (C=O) groups is 2. The molecule has 6 nitrogen and oxygen atoms in total. The summed E-state index contributed by atoms with van der Waals surface area (Å²) in [6, 6.07) is 14.9. The number of hydrogen-bond acceptors (Lipinski definition) is 4. The van der Waals surface area contributed by atoms with Crippen LogP contribution in [0.4, 0.5) is 5.69 Å². The number of benzene rings is 2. The number of anilines is 1. The molecule has 0 fully saturated rings. The summed E-state index contributed by atoms with van der Waals surface area (Å²) < 4.78 is 5.23. The van der Waals surface area contributed by atoms with Crippen LogP contribution in [0.1, 0.15) is 31.4 Å². The van der Waals surface area contributed by atoms with Crippen molar-refractivity contribution in [2.45, 2.75) is 25.8 Å². The van der Waals surface area contributed by atoms with Crippen LogP contribution >= 0.6 is 11.6 Å². The van der Waals surface area contributed by atoms with Crippen molar-refractivity contribution in [1.82, 2.24) is 10.2 Å². The molecule has 0 bridgehead atoms. The van der Waals surface area contributed by atoms with Crippen LogP contribution in [0, 0.1) is 0 Å². The molecule has 0 spiro atoms. The van der Waals surface area contributed by atoms with Gasteiger partial charge in [-0.25, -0.2) is 0 Å². The highest BCUT2D eigenvalue weighted by Crippen LogP contribution is 2.27. The van der Waals surface area contributed by atoms with E-state index in [0.29, 0.717) is 16.5 Å². The van der Waals surface area contributed by atoms with Gasteiger partial charge in [0.1, 0.15) is 5.75 Å². The van der Waals surface area contributed by atoms with Crippen molar-refractivity contribution < 1.29 is 14.3 Å². The third kappa shape index (κ3) is 7.40. The molecular weight excluding hydrogens is 390 g/mol. The van der Waals surface area contributed by atoms with Crippen LogP contribution in [0.3, 0.4) is 0 Å². The number of carbonyl (C=O) groups excluding carboxylic acids is 2. The van der Waals surface area contributed by atoms with E-state index in [2.05, 4.69) is 17.6 Å². The van der Waals surface area contributed by atoms with Crippen LogP contribution in [0.2, 0.25) is 5.02 Å². The summed E-state index contributed by atoms with van der Waals surface area (Å²) in [5, 5.41) is 6.33. The number of nitrogens with one attached hydrogen (secondary N) is 2. The van der Waals surface area contributed by atoms with E-state index in [1.165, 1.54) is 7.11 Å². The first-order valence-electron chi connectivity index (χ1n) is 9.59. The predicted octanol–water partition coefficient (Wildman–Crippen LogP) is 3.88. The molecule has 2 aromatic carbocycles. The second-order valence-corrected chi connectivity index (χ2v) is 7.32. The summed E-state index contributed by atoms with van der Waals surface area (Å²) in [6.45, 7) is 2.27. The number of ether oxygens (including phenoxy) is 1. The van der Waals surface area contributed by atoms with Gasteiger partial charge < -0.3 is 15.4 Å². The van der Waals surface area contributed by atoms with Gasteiger partial charge in [-0.15, -0.1) is 0 Å². The zero-order chi connectivity index (χ0) is 21.2. The van der Waals surface area contributed by atoms with Crippen LogP contribution in [0.5, 0.6) is 5.75 Å². The zero-order valence-electron chi connectivity index (χ0n) is 17.1. The molecule has 0 radical (unpaired) electrons. The molecule has 0 aliphatic carbocycles. The van der Waals surface area contributed by atoms with Crippen molar-refractivity contribution in [3.8, 4) is 5.75 Å². The lowest BCUT2D eigenvalue weighted by Crippen LogP contribution is -2.40. The highest BCUT2D eigenvalue weighted by atomic mass is 35.5. The van der Waals surface area contributed by atoms with E-state index < -0.39 is 0 Å². The Labute approximate surface area is 177 Å². The first-order valence-corrected chi connectivity index (χ1v) is 9.97. The maximum absolute atomic E-state index is 12.5. The Morgan fingerprint density at radius 3 is 2.45 bits per heavy atom. The molecule has 2 amide bonds. The molecule has 0 aliphatic heterocycles. The lowest BCUT2D eigenvalue weighted by Gasteiger charge is -2.21. The van der Waals surface area contributed by atoms with E-state index in [4.69, 9.17) is 16.3 Å². The summed E-state index contributed by atoms with van der Waals surface area (Å²) >= 11 is 5.99. The molecule has 156 valence electrons. The second kappa shape index (κ2) is 11.4. The van der Waals surface area contributed by atoms with E-state index in [1.54, 1.807) is 30.1 Å². The minimum atomic E-state index is -0.256. The van der Waals surface area contributed by atoms with E-state index >= 15 is 0 Å². The van der Waals surface area contributed by atoms with Crippen LogP contribution < -0.4 is 15.4 Å². The van der Waals surface area contributed by atoms with Crippen LogP contribution in [0.15, 0.2) is 48.5 Å². The minimum absolute atomic E-state index is 0.0355. The average molecular weight is 418 g/mol. The Morgan fingerprint density at radius 2 is 1.79 bits per heavy atom. The quantitative estimate of drug-likeness (QED) is 0.615. The monoisotopic (exact) mass is 417 g/mol. The number of nitrogens with zero attached hydrogens (tertiary/aromatic N) is 1. The van der Waals surface area contributed by atoms with Gasteiger partial charge in [-0.3, -0.25) is 14.5 Å². The smallest absolute Gasteiger partial charge is 0.238 e. The molecule has 0 saturated heterocycles.